The van der Waals surface area contributed by atoms with Crippen molar-refractivity contribution in [3.63, 3.8) is 0 Å². The molecule has 1 aromatic heterocycles. The molecule has 1 unspecified atom stereocenters. The summed E-state index contributed by atoms with van der Waals surface area (Å²) >= 11 is 0. The standard InChI is InChI=1S/C17H24N4/c1-12(2)9-13-3-5-14(6-4-13)16-10-17(21-20-16)19-15-7-8-18-11-15/h3-6,10,12,15,18H,7-9,11H2,1-2H3,(H2,19,20,21). The predicted octanol–water partition coefficient (Wildman–Crippen LogP) is 3.05. The highest BCUT2D eigenvalue weighted by Crippen LogP contribution is 2.22. The van der Waals surface area contributed by atoms with Gasteiger partial charge >= 0.3 is 0 Å². The molecule has 3 N–H and O–H groups in total. The molecular formula is C17H24N4. The third-order valence-corrected chi connectivity index (χ3v) is 3.90. The van der Waals surface area contributed by atoms with Crippen molar-refractivity contribution in [1.82, 2.24) is 15.5 Å². The Kier molecular flexibility index (Phi) is 4.25. The number of hydrogen-bond donors (Lipinski definition) is 3. The van der Waals surface area contributed by atoms with E-state index in [-0.39, 0.29) is 0 Å². The van der Waals surface area contributed by atoms with E-state index in [2.05, 4.69) is 65.0 Å². The van der Waals surface area contributed by atoms with Crippen LogP contribution in [-0.4, -0.2) is 29.3 Å². The van der Waals surface area contributed by atoms with E-state index in [1.807, 2.05) is 0 Å². The number of nitrogens with one attached hydrogen (secondary N) is 3. The molecule has 0 amide bonds. The quantitative estimate of drug-likeness (QED) is 0.791. The molecule has 1 aromatic carbocycles. The smallest absolute Gasteiger partial charge is 0.148 e. The van der Waals surface area contributed by atoms with Crippen molar-refractivity contribution >= 4 is 5.82 Å². The molecule has 4 heteroatoms. The van der Waals surface area contributed by atoms with E-state index in [9.17, 15) is 0 Å². The molecule has 0 aliphatic carbocycles. The maximum atomic E-state index is 4.36. The van der Waals surface area contributed by atoms with Crippen LogP contribution in [0.3, 0.4) is 0 Å². The first-order valence-electron chi connectivity index (χ1n) is 7.82. The van der Waals surface area contributed by atoms with Crippen LogP contribution in [0.4, 0.5) is 5.82 Å². The van der Waals surface area contributed by atoms with Gasteiger partial charge in [-0.05, 0) is 36.4 Å². The Morgan fingerprint density at radius 3 is 2.76 bits per heavy atom. The maximum absolute atomic E-state index is 4.36. The summed E-state index contributed by atoms with van der Waals surface area (Å²) in [7, 11) is 0. The van der Waals surface area contributed by atoms with Crippen LogP contribution < -0.4 is 10.6 Å². The van der Waals surface area contributed by atoms with E-state index in [4.69, 9.17) is 0 Å². The number of aromatic nitrogens is 2. The molecule has 2 aromatic rings. The summed E-state index contributed by atoms with van der Waals surface area (Å²) in [6.07, 6.45) is 2.29. The monoisotopic (exact) mass is 284 g/mol. The zero-order valence-electron chi connectivity index (χ0n) is 12.8. The van der Waals surface area contributed by atoms with Gasteiger partial charge in [-0.2, -0.15) is 5.10 Å². The van der Waals surface area contributed by atoms with Gasteiger partial charge in [-0.1, -0.05) is 38.1 Å². The third kappa shape index (κ3) is 3.64. The minimum atomic E-state index is 0.495. The Morgan fingerprint density at radius 1 is 1.29 bits per heavy atom. The SMILES string of the molecule is CC(C)Cc1ccc(-c2cc(NC3CCNC3)n[nH]2)cc1. The number of rotatable bonds is 5. The summed E-state index contributed by atoms with van der Waals surface area (Å²) in [6, 6.07) is 11.4. The fourth-order valence-corrected chi connectivity index (χ4v) is 2.82. The molecule has 1 aliphatic heterocycles. The lowest BCUT2D eigenvalue weighted by molar-refractivity contribution is 0.647. The molecule has 3 rings (SSSR count). The van der Waals surface area contributed by atoms with E-state index < -0.39 is 0 Å². The fraction of sp³-hybridized carbons (Fsp3) is 0.471. The van der Waals surface area contributed by atoms with Crippen LogP contribution in [0.5, 0.6) is 0 Å². The Hall–Kier alpha value is -1.81. The second-order valence-corrected chi connectivity index (χ2v) is 6.30. The molecule has 112 valence electrons. The van der Waals surface area contributed by atoms with Gasteiger partial charge in [0, 0.05) is 18.7 Å². The van der Waals surface area contributed by atoms with E-state index in [1.54, 1.807) is 0 Å². The Labute approximate surface area is 126 Å². The molecule has 21 heavy (non-hydrogen) atoms. The second-order valence-electron chi connectivity index (χ2n) is 6.30. The average Bonchev–Trinajstić information content (AvgIpc) is 3.11. The Morgan fingerprint density at radius 2 is 2.10 bits per heavy atom. The first kappa shape index (κ1) is 14.1. The first-order valence-corrected chi connectivity index (χ1v) is 7.82. The largest absolute Gasteiger partial charge is 0.365 e. The normalized spacial score (nSPS) is 18.3. The predicted molar refractivity (Wildman–Crippen MR) is 87.5 cm³/mol. The summed E-state index contributed by atoms with van der Waals surface area (Å²) < 4.78 is 0. The van der Waals surface area contributed by atoms with E-state index in [0.717, 1.165) is 37.4 Å². The topological polar surface area (TPSA) is 52.7 Å². The van der Waals surface area contributed by atoms with Gasteiger partial charge in [-0.3, -0.25) is 5.10 Å². The highest BCUT2D eigenvalue weighted by atomic mass is 15.2. The van der Waals surface area contributed by atoms with Crippen LogP contribution in [0.25, 0.3) is 11.3 Å². The van der Waals surface area contributed by atoms with Crippen LogP contribution in [0.1, 0.15) is 25.8 Å². The van der Waals surface area contributed by atoms with Crippen LogP contribution in [0.15, 0.2) is 30.3 Å². The summed E-state index contributed by atoms with van der Waals surface area (Å²) in [5, 5.41) is 14.3. The van der Waals surface area contributed by atoms with Crippen molar-refractivity contribution in [2.24, 2.45) is 5.92 Å². The van der Waals surface area contributed by atoms with Crippen LogP contribution >= 0.6 is 0 Å². The minimum absolute atomic E-state index is 0.495. The van der Waals surface area contributed by atoms with Gasteiger partial charge in [0.15, 0.2) is 0 Å². The Balaban J connectivity index is 1.67. The zero-order valence-corrected chi connectivity index (χ0v) is 12.8. The van der Waals surface area contributed by atoms with Crippen molar-refractivity contribution < 1.29 is 0 Å². The fourth-order valence-electron chi connectivity index (χ4n) is 2.82. The lowest BCUT2D eigenvalue weighted by Crippen LogP contribution is -2.22. The number of aromatic amines is 1. The summed E-state index contributed by atoms with van der Waals surface area (Å²) in [5.41, 5.74) is 3.65. The molecule has 0 saturated carbocycles. The van der Waals surface area contributed by atoms with Gasteiger partial charge in [0.1, 0.15) is 5.82 Å². The number of benzene rings is 1. The highest BCUT2D eigenvalue weighted by molar-refractivity contribution is 5.63. The van der Waals surface area contributed by atoms with Gasteiger partial charge in [-0.15, -0.1) is 0 Å². The zero-order chi connectivity index (χ0) is 14.7. The van der Waals surface area contributed by atoms with Crippen LogP contribution in [0.2, 0.25) is 0 Å². The lowest BCUT2D eigenvalue weighted by atomic mass is 10.0. The minimum Gasteiger partial charge on any atom is -0.365 e. The van der Waals surface area contributed by atoms with Gasteiger partial charge in [0.25, 0.3) is 0 Å². The number of H-pyrrole nitrogens is 1. The number of nitrogens with zero attached hydrogens (tertiary/aromatic N) is 1. The lowest BCUT2D eigenvalue weighted by Gasteiger charge is -2.08. The number of hydrogen-bond acceptors (Lipinski definition) is 3. The van der Waals surface area contributed by atoms with Crippen molar-refractivity contribution in [3.8, 4) is 11.3 Å². The summed E-state index contributed by atoms with van der Waals surface area (Å²) in [6.45, 7) is 6.61. The van der Waals surface area contributed by atoms with E-state index >= 15 is 0 Å². The molecule has 1 atom stereocenters. The van der Waals surface area contributed by atoms with Crippen molar-refractivity contribution in [1.29, 1.82) is 0 Å². The van der Waals surface area contributed by atoms with E-state index in [0.29, 0.717) is 12.0 Å². The second kappa shape index (κ2) is 6.31. The van der Waals surface area contributed by atoms with Gasteiger partial charge in [0.2, 0.25) is 0 Å². The van der Waals surface area contributed by atoms with Crippen molar-refractivity contribution in [2.75, 3.05) is 18.4 Å². The molecule has 1 fully saturated rings. The molecule has 0 bridgehead atoms. The van der Waals surface area contributed by atoms with Crippen LogP contribution in [-0.2, 0) is 6.42 Å². The summed E-state index contributed by atoms with van der Waals surface area (Å²) in [4.78, 5) is 0. The Bertz CT molecular complexity index is 565. The molecule has 1 aliphatic rings. The molecule has 0 spiro atoms. The third-order valence-electron chi connectivity index (χ3n) is 3.90. The molecule has 2 heterocycles. The molecule has 1 saturated heterocycles. The first-order chi connectivity index (χ1) is 10.2. The average molecular weight is 284 g/mol. The highest BCUT2D eigenvalue weighted by Gasteiger charge is 2.15. The van der Waals surface area contributed by atoms with Gasteiger partial charge in [-0.25, -0.2) is 0 Å². The van der Waals surface area contributed by atoms with Crippen molar-refractivity contribution in [2.45, 2.75) is 32.7 Å². The van der Waals surface area contributed by atoms with Gasteiger partial charge < -0.3 is 10.6 Å². The van der Waals surface area contributed by atoms with E-state index in [1.165, 1.54) is 11.1 Å². The van der Waals surface area contributed by atoms with Crippen LogP contribution in [0, 0.1) is 5.92 Å². The molecular weight excluding hydrogens is 260 g/mol. The molecule has 4 nitrogen and oxygen atoms in total. The van der Waals surface area contributed by atoms with Crippen molar-refractivity contribution in [3.05, 3.63) is 35.9 Å². The maximum Gasteiger partial charge on any atom is 0.148 e. The summed E-state index contributed by atoms with van der Waals surface area (Å²) in [5.74, 6) is 1.63. The number of anilines is 1. The molecule has 0 radical (unpaired) electrons. The van der Waals surface area contributed by atoms with Gasteiger partial charge in [0.05, 0.1) is 5.69 Å².